The highest BCUT2D eigenvalue weighted by Crippen LogP contribution is 2.29. The lowest BCUT2D eigenvalue weighted by atomic mass is 10.0. The Hall–Kier alpha value is -2.21. The van der Waals surface area contributed by atoms with Crippen LogP contribution in [-0.4, -0.2) is 90.2 Å². The summed E-state index contributed by atoms with van der Waals surface area (Å²) < 4.78 is 5.70. The molecule has 3 N–H and O–H groups in total. The summed E-state index contributed by atoms with van der Waals surface area (Å²) in [6.07, 6.45) is 1.10. The Morgan fingerprint density at radius 3 is 2.63 bits per heavy atom. The Labute approximate surface area is 215 Å². The van der Waals surface area contributed by atoms with Crippen molar-refractivity contribution in [3.8, 4) is 0 Å². The van der Waals surface area contributed by atoms with Gasteiger partial charge >= 0.3 is 0 Å². The van der Waals surface area contributed by atoms with Crippen molar-refractivity contribution in [2.45, 2.75) is 52.7 Å². The van der Waals surface area contributed by atoms with Gasteiger partial charge in [-0.05, 0) is 32.9 Å². The number of likely N-dealkylation sites (N-methyl/N-ethyl adjacent to an activating group) is 1. The van der Waals surface area contributed by atoms with Gasteiger partial charge in [0.2, 0.25) is 0 Å². The highest BCUT2D eigenvalue weighted by molar-refractivity contribution is 7.17. The molecule has 2 aromatic rings. The fourth-order valence-corrected chi connectivity index (χ4v) is 5.42. The lowest BCUT2D eigenvalue weighted by Gasteiger charge is -2.37. The number of anilines is 1. The number of imidazole rings is 1. The zero-order valence-electron chi connectivity index (χ0n) is 21.1. The van der Waals surface area contributed by atoms with E-state index in [1.54, 1.807) is 7.11 Å². The Bertz CT molecular complexity index is 1010. The number of aromatic amines is 1. The van der Waals surface area contributed by atoms with Crippen LogP contribution in [0.4, 0.5) is 5.13 Å². The molecule has 35 heavy (non-hydrogen) atoms. The average Bonchev–Trinajstić information content (AvgIpc) is 3.44. The first kappa shape index (κ1) is 27.4. The zero-order valence-corrected chi connectivity index (χ0v) is 22.7. The highest BCUT2D eigenvalue weighted by Gasteiger charge is 2.33. The lowest BCUT2D eigenvalue weighted by molar-refractivity contribution is 0.0538. The number of amides is 2. The van der Waals surface area contributed by atoms with Crippen LogP contribution < -0.4 is 15.5 Å². The van der Waals surface area contributed by atoms with Crippen LogP contribution in [0.1, 0.15) is 58.9 Å². The van der Waals surface area contributed by atoms with Gasteiger partial charge in [0, 0.05) is 33.3 Å². The van der Waals surface area contributed by atoms with Gasteiger partial charge in [0.1, 0.15) is 4.88 Å². The van der Waals surface area contributed by atoms with Gasteiger partial charge in [-0.1, -0.05) is 43.7 Å². The maximum atomic E-state index is 12.7. The van der Waals surface area contributed by atoms with Crippen molar-refractivity contribution in [2.24, 2.45) is 0 Å². The minimum absolute atomic E-state index is 0.0904. The van der Waals surface area contributed by atoms with Crippen LogP contribution in [0, 0.1) is 6.92 Å². The summed E-state index contributed by atoms with van der Waals surface area (Å²) in [5.41, 5.74) is 1.46. The van der Waals surface area contributed by atoms with Crippen LogP contribution in [0.15, 0.2) is 0 Å². The second-order valence-corrected chi connectivity index (χ2v) is 9.83. The number of nitrogens with zero attached hydrogens (tertiary/aromatic N) is 4. The van der Waals surface area contributed by atoms with E-state index in [1.165, 1.54) is 11.3 Å². The van der Waals surface area contributed by atoms with Crippen LogP contribution in [0.25, 0.3) is 0 Å². The summed E-state index contributed by atoms with van der Waals surface area (Å²) in [5, 5.41) is 7.14. The molecular formula is C23H36ClN7O3S. The number of halogens is 1. The molecule has 194 valence electrons. The van der Waals surface area contributed by atoms with Crippen molar-refractivity contribution in [3.05, 3.63) is 27.2 Å². The van der Waals surface area contributed by atoms with Crippen molar-refractivity contribution < 1.29 is 14.3 Å². The van der Waals surface area contributed by atoms with Crippen molar-refractivity contribution in [2.75, 3.05) is 51.3 Å². The molecule has 12 heteroatoms. The first-order valence-electron chi connectivity index (χ1n) is 12.1. The third kappa shape index (κ3) is 6.72. The number of aromatic nitrogens is 3. The number of rotatable bonds is 11. The molecule has 0 saturated carbocycles. The molecule has 2 aromatic heterocycles. The minimum atomic E-state index is -0.305. The molecule has 1 aliphatic heterocycles. The van der Waals surface area contributed by atoms with E-state index in [1.807, 2.05) is 13.8 Å². The molecule has 10 nitrogen and oxygen atoms in total. The summed E-state index contributed by atoms with van der Waals surface area (Å²) >= 11 is 7.47. The number of H-pyrrole nitrogens is 1. The molecule has 1 saturated heterocycles. The second-order valence-electron chi connectivity index (χ2n) is 8.49. The smallest absolute Gasteiger partial charge is 0.287 e. The van der Waals surface area contributed by atoms with Crippen LogP contribution >= 0.6 is 22.9 Å². The number of thiazole rings is 1. The van der Waals surface area contributed by atoms with E-state index in [4.69, 9.17) is 16.3 Å². The predicted molar refractivity (Wildman–Crippen MR) is 139 cm³/mol. The van der Waals surface area contributed by atoms with Gasteiger partial charge in [0.25, 0.3) is 11.8 Å². The van der Waals surface area contributed by atoms with Gasteiger partial charge < -0.3 is 30.2 Å². The molecule has 0 radical (unpaired) electrons. The third-order valence-corrected chi connectivity index (χ3v) is 7.87. The molecule has 0 spiro atoms. The fourth-order valence-electron chi connectivity index (χ4n) is 4.14. The van der Waals surface area contributed by atoms with E-state index >= 15 is 0 Å². The number of hydrogen-bond donors (Lipinski definition) is 3. The summed E-state index contributed by atoms with van der Waals surface area (Å²) in [4.78, 5) is 42.2. The first-order chi connectivity index (χ1) is 16.8. The maximum absolute atomic E-state index is 12.7. The topological polar surface area (TPSA) is 115 Å². The predicted octanol–water partition coefficient (Wildman–Crippen LogP) is 2.49. The third-order valence-electron chi connectivity index (χ3n) is 6.35. The SMILES string of the molecule is CCc1[nH]c(C(=O)N[C@@H]2CCN(c3nc(C)c(C(=O)NCCN(CC)CC)s3)C[C@@H]2OC)nc1Cl. The van der Waals surface area contributed by atoms with Gasteiger partial charge in [-0.2, -0.15) is 0 Å². The highest BCUT2D eigenvalue weighted by atomic mass is 35.5. The Morgan fingerprint density at radius 1 is 1.26 bits per heavy atom. The van der Waals surface area contributed by atoms with E-state index in [0.717, 1.165) is 36.2 Å². The molecule has 0 aromatic carbocycles. The van der Waals surface area contributed by atoms with Crippen molar-refractivity contribution in [1.29, 1.82) is 0 Å². The van der Waals surface area contributed by atoms with E-state index < -0.39 is 0 Å². The van der Waals surface area contributed by atoms with Crippen molar-refractivity contribution in [1.82, 2.24) is 30.5 Å². The minimum Gasteiger partial charge on any atom is -0.377 e. The number of nitrogens with one attached hydrogen (secondary N) is 3. The number of carbonyl (C=O) groups excluding carboxylic acids is 2. The number of carbonyl (C=O) groups is 2. The molecule has 3 rings (SSSR count). The largest absolute Gasteiger partial charge is 0.377 e. The number of aryl methyl sites for hydroxylation is 2. The summed E-state index contributed by atoms with van der Waals surface area (Å²) in [7, 11) is 1.63. The standard InChI is InChI=1S/C23H36ClN7O3S/c1-6-15-19(24)29-20(27-15)22(33)28-16-9-11-31(13-17(16)34-5)23-26-14(4)18(35-23)21(32)25-10-12-30(7-2)8-3/h16-17H,6-13H2,1-5H3,(H,25,32)(H,27,29)(H,28,33)/t16-,17+/m1/s1. The van der Waals surface area contributed by atoms with Gasteiger partial charge in [0.05, 0.1) is 23.5 Å². The Kier molecular flexibility index (Phi) is 9.90. The van der Waals surface area contributed by atoms with E-state index in [0.29, 0.717) is 42.5 Å². The molecule has 0 aliphatic carbocycles. The molecule has 1 fully saturated rings. The normalized spacial score (nSPS) is 18.2. The fraction of sp³-hybridized carbons (Fsp3) is 0.652. The van der Waals surface area contributed by atoms with Crippen LogP contribution in [-0.2, 0) is 11.2 Å². The van der Waals surface area contributed by atoms with Gasteiger partial charge in [-0.15, -0.1) is 0 Å². The molecule has 0 bridgehead atoms. The molecule has 2 atom stereocenters. The number of methoxy groups -OCH3 is 1. The van der Waals surface area contributed by atoms with Crippen LogP contribution in [0.5, 0.6) is 0 Å². The summed E-state index contributed by atoms with van der Waals surface area (Å²) in [6, 6.07) is -0.179. The van der Waals surface area contributed by atoms with Crippen LogP contribution in [0.2, 0.25) is 5.15 Å². The van der Waals surface area contributed by atoms with Gasteiger partial charge in [-0.25, -0.2) is 9.97 Å². The summed E-state index contributed by atoms with van der Waals surface area (Å²) in [5.74, 6) is -0.190. The van der Waals surface area contributed by atoms with E-state index in [-0.39, 0.29) is 29.8 Å². The molecule has 2 amide bonds. The Balaban J connectivity index is 1.59. The molecular weight excluding hydrogens is 490 g/mol. The van der Waals surface area contributed by atoms with E-state index in [9.17, 15) is 9.59 Å². The van der Waals surface area contributed by atoms with Crippen molar-refractivity contribution in [3.63, 3.8) is 0 Å². The number of ether oxygens (including phenoxy) is 1. The number of hydrogen-bond acceptors (Lipinski definition) is 8. The second kappa shape index (κ2) is 12.7. The Morgan fingerprint density at radius 2 is 2.00 bits per heavy atom. The first-order valence-corrected chi connectivity index (χ1v) is 13.3. The summed E-state index contributed by atoms with van der Waals surface area (Å²) in [6.45, 7) is 12.6. The number of piperidine rings is 1. The van der Waals surface area contributed by atoms with Crippen molar-refractivity contribution >= 4 is 39.9 Å². The molecule has 0 unspecified atom stereocenters. The van der Waals surface area contributed by atoms with Crippen LogP contribution in [0.3, 0.4) is 0 Å². The lowest BCUT2D eigenvalue weighted by Crippen LogP contribution is -2.55. The molecule has 1 aliphatic rings. The average molecular weight is 526 g/mol. The zero-order chi connectivity index (χ0) is 25.5. The quantitative estimate of drug-likeness (QED) is 0.413. The van der Waals surface area contributed by atoms with Gasteiger partial charge in [0.15, 0.2) is 16.1 Å². The monoisotopic (exact) mass is 525 g/mol. The maximum Gasteiger partial charge on any atom is 0.287 e. The van der Waals surface area contributed by atoms with Gasteiger partial charge in [-0.3, -0.25) is 9.59 Å². The van der Waals surface area contributed by atoms with E-state index in [2.05, 4.69) is 49.2 Å². The molecule has 3 heterocycles.